The lowest BCUT2D eigenvalue weighted by molar-refractivity contribution is -0.121. The van der Waals surface area contributed by atoms with E-state index in [0.717, 1.165) is 48.5 Å². The predicted octanol–water partition coefficient (Wildman–Crippen LogP) is 5.35. The van der Waals surface area contributed by atoms with Gasteiger partial charge in [0.1, 0.15) is 5.75 Å². The Bertz CT molecular complexity index is 812. The molecule has 4 heteroatoms. The molecule has 2 aromatic carbocycles. The lowest BCUT2D eigenvalue weighted by atomic mass is 9.90. The molecular weight excluding hydrogens is 360 g/mol. The van der Waals surface area contributed by atoms with E-state index in [-0.39, 0.29) is 11.8 Å². The van der Waals surface area contributed by atoms with Crippen LogP contribution >= 0.6 is 0 Å². The molecule has 154 valence electrons. The van der Waals surface area contributed by atoms with Crippen molar-refractivity contribution < 1.29 is 9.53 Å². The van der Waals surface area contributed by atoms with E-state index in [9.17, 15) is 4.79 Å². The lowest BCUT2D eigenvalue weighted by Crippen LogP contribution is -2.46. The van der Waals surface area contributed by atoms with Gasteiger partial charge in [0.15, 0.2) is 0 Å². The van der Waals surface area contributed by atoms with Crippen molar-refractivity contribution in [2.75, 3.05) is 25.5 Å². The van der Waals surface area contributed by atoms with Gasteiger partial charge in [0, 0.05) is 23.8 Å². The van der Waals surface area contributed by atoms with Gasteiger partial charge < -0.3 is 10.1 Å². The number of hydrogen-bond acceptors (Lipinski definition) is 3. The highest BCUT2D eigenvalue weighted by atomic mass is 16.5. The predicted molar refractivity (Wildman–Crippen MR) is 118 cm³/mol. The van der Waals surface area contributed by atoms with E-state index in [0.29, 0.717) is 6.04 Å². The van der Waals surface area contributed by atoms with Crippen molar-refractivity contribution in [1.29, 1.82) is 0 Å². The summed E-state index contributed by atoms with van der Waals surface area (Å²) in [5.41, 5.74) is 3.01. The van der Waals surface area contributed by atoms with Crippen LogP contribution < -0.4 is 10.1 Å². The molecule has 0 bridgehead atoms. The first-order valence-corrected chi connectivity index (χ1v) is 11.0. The topological polar surface area (TPSA) is 41.6 Å². The van der Waals surface area contributed by atoms with Gasteiger partial charge in [-0.1, -0.05) is 49.6 Å². The van der Waals surface area contributed by atoms with Crippen molar-refractivity contribution in [2.24, 2.45) is 5.92 Å². The lowest BCUT2D eigenvalue weighted by Gasteiger charge is -2.39. The van der Waals surface area contributed by atoms with Crippen LogP contribution in [0.25, 0.3) is 11.1 Å². The highest BCUT2D eigenvalue weighted by Gasteiger charge is 2.30. The molecule has 2 fully saturated rings. The minimum Gasteiger partial charge on any atom is -0.497 e. The third-order valence-electron chi connectivity index (χ3n) is 6.50. The molecule has 1 saturated carbocycles. The number of ether oxygens (including phenoxy) is 1. The summed E-state index contributed by atoms with van der Waals surface area (Å²) >= 11 is 0. The standard InChI is InChI=1S/C25H32N2O2/c1-29-22-15-13-19(14-16-22)23-11-5-6-12-24(23)26-25(28)20-8-7-17-27(18-20)21-9-3-2-4-10-21/h5-6,11-16,20-21H,2-4,7-10,17-18H2,1H3,(H,26,28)/t20-/m1/s1. The number of benzene rings is 2. The van der Waals surface area contributed by atoms with Gasteiger partial charge >= 0.3 is 0 Å². The Morgan fingerprint density at radius 2 is 1.72 bits per heavy atom. The highest BCUT2D eigenvalue weighted by Crippen LogP contribution is 2.31. The van der Waals surface area contributed by atoms with Gasteiger partial charge in [0.25, 0.3) is 0 Å². The number of rotatable bonds is 5. The van der Waals surface area contributed by atoms with Crippen LogP contribution in [0.3, 0.4) is 0 Å². The van der Waals surface area contributed by atoms with Crippen molar-refractivity contribution >= 4 is 11.6 Å². The fourth-order valence-electron chi connectivity index (χ4n) is 4.85. The Morgan fingerprint density at radius 3 is 2.48 bits per heavy atom. The summed E-state index contributed by atoms with van der Waals surface area (Å²) in [4.78, 5) is 15.7. The second kappa shape index (κ2) is 9.45. The largest absolute Gasteiger partial charge is 0.497 e. The molecule has 1 atom stereocenters. The molecule has 4 nitrogen and oxygen atoms in total. The number of nitrogens with one attached hydrogen (secondary N) is 1. The SMILES string of the molecule is COc1ccc(-c2ccccc2NC(=O)[C@@H]2CCCN(C3CCCCC3)C2)cc1. The maximum atomic E-state index is 13.1. The van der Waals surface area contributed by atoms with E-state index in [4.69, 9.17) is 4.74 Å². The highest BCUT2D eigenvalue weighted by molar-refractivity contribution is 5.97. The van der Waals surface area contributed by atoms with E-state index in [1.54, 1.807) is 7.11 Å². The minimum absolute atomic E-state index is 0.0783. The van der Waals surface area contributed by atoms with Crippen LogP contribution in [0.2, 0.25) is 0 Å². The minimum atomic E-state index is 0.0783. The summed E-state index contributed by atoms with van der Waals surface area (Å²) < 4.78 is 5.26. The van der Waals surface area contributed by atoms with Crippen LogP contribution in [0.4, 0.5) is 5.69 Å². The number of nitrogens with zero attached hydrogens (tertiary/aromatic N) is 1. The van der Waals surface area contributed by atoms with Gasteiger partial charge in [0.05, 0.1) is 13.0 Å². The van der Waals surface area contributed by atoms with Gasteiger partial charge in [-0.2, -0.15) is 0 Å². The maximum Gasteiger partial charge on any atom is 0.228 e. The quantitative estimate of drug-likeness (QED) is 0.746. The molecule has 29 heavy (non-hydrogen) atoms. The maximum absolute atomic E-state index is 13.1. The van der Waals surface area contributed by atoms with Crippen molar-refractivity contribution in [3.05, 3.63) is 48.5 Å². The van der Waals surface area contributed by atoms with Crippen LogP contribution in [0.1, 0.15) is 44.9 Å². The van der Waals surface area contributed by atoms with E-state index in [1.165, 1.54) is 32.1 Å². The smallest absolute Gasteiger partial charge is 0.228 e. The van der Waals surface area contributed by atoms with Crippen molar-refractivity contribution in [3.8, 4) is 16.9 Å². The third kappa shape index (κ3) is 4.81. The molecule has 0 aromatic heterocycles. The van der Waals surface area contributed by atoms with Crippen LogP contribution in [0.15, 0.2) is 48.5 Å². The number of amides is 1. The van der Waals surface area contributed by atoms with Crippen molar-refractivity contribution in [2.45, 2.75) is 51.0 Å². The zero-order valence-corrected chi connectivity index (χ0v) is 17.4. The number of para-hydroxylation sites is 1. The first kappa shape index (κ1) is 20.0. The number of likely N-dealkylation sites (tertiary alicyclic amines) is 1. The molecule has 2 aromatic rings. The Labute approximate surface area is 174 Å². The van der Waals surface area contributed by atoms with Crippen molar-refractivity contribution in [3.63, 3.8) is 0 Å². The zero-order valence-electron chi connectivity index (χ0n) is 17.4. The molecule has 1 aliphatic heterocycles. The second-order valence-electron chi connectivity index (χ2n) is 8.39. The third-order valence-corrected chi connectivity index (χ3v) is 6.50. The van der Waals surface area contributed by atoms with Crippen LogP contribution in [0, 0.1) is 5.92 Å². The Kier molecular flexibility index (Phi) is 6.50. The average Bonchev–Trinajstić information content (AvgIpc) is 2.80. The molecule has 0 radical (unpaired) electrons. The van der Waals surface area contributed by atoms with Gasteiger partial charge in [-0.25, -0.2) is 0 Å². The molecule has 0 unspecified atom stereocenters. The number of carbonyl (C=O) groups excluding carboxylic acids is 1. The van der Waals surface area contributed by atoms with Crippen molar-refractivity contribution in [1.82, 2.24) is 4.90 Å². The van der Waals surface area contributed by atoms with Gasteiger partial charge in [-0.05, 0) is 56.0 Å². The molecule has 1 amide bonds. The summed E-state index contributed by atoms with van der Waals surface area (Å²) in [6, 6.07) is 16.7. The first-order chi connectivity index (χ1) is 14.2. The van der Waals surface area contributed by atoms with E-state index < -0.39 is 0 Å². The van der Waals surface area contributed by atoms with Crippen LogP contribution in [0.5, 0.6) is 5.75 Å². The zero-order chi connectivity index (χ0) is 20.1. The van der Waals surface area contributed by atoms with Crippen LogP contribution in [-0.4, -0.2) is 37.0 Å². The van der Waals surface area contributed by atoms with Gasteiger partial charge in [-0.15, -0.1) is 0 Å². The van der Waals surface area contributed by atoms with E-state index in [1.807, 2.05) is 42.5 Å². The van der Waals surface area contributed by atoms with E-state index in [2.05, 4.69) is 16.3 Å². The summed E-state index contributed by atoms with van der Waals surface area (Å²) in [7, 11) is 1.67. The first-order valence-electron chi connectivity index (χ1n) is 11.0. The molecule has 1 heterocycles. The second-order valence-corrected chi connectivity index (χ2v) is 8.39. The number of hydrogen-bond donors (Lipinski definition) is 1. The molecular formula is C25H32N2O2. The number of carbonyl (C=O) groups is 1. The Balaban J connectivity index is 1.45. The number of methoxy groups -OCH3 is 1. The molecule has 1 saturated heterocycles. The molecule has 2 aliphatic rings. The molecule has 4 rings (SSSR count). The fraction of sp³-hybridized carbons (Fsp3) is 0.480. The van der Waals surface area contributed by atoms with Gasteiger partial charge in [0.2, 0.25) is 5.91 Å². The number of piperidine rings is 1. The normalized spacial score (nSPS) is 20.9. The van der Waals surface area contributed by atoms with Gasteiger partial charge in [-0.3, -0.25) is 9.69 Å². The summed E-state index contributed by atoms with van der Waals surface area (Å²) in [6.45, 7) is 2.05. The fourth-order valence-corrected chi connectivity index (χ4v) is 4.85. The summed E-state index contributed by atoms with van der Waals surface area (Å²) in [5.74, 6) is 1.07. The van der Waals surface area contributed by atoms with Crippen LogP contribution in [-0.2, 0) is 4.79 Å². The Morgan fingerprint density at radius 1 is 0.966 bits per heavy atom. The Hall–Kier alpha value is -2.33. The molecule has 0 spiro atoms. The molecule has 1 N–H and O–H groups in total. The van der Waals surface area contributed by atoms with E-state index >= 15 is 0 Å². The summed E-state index contributed by atoms with van der Waals surface area (Å²) in [5, 5.41) is 3.23. The average molecular weight is 393 g/mol. The number of anilines is 1. The monoisotopic (exact) mass is 392 g/mol. The summed E-state index contributed by atoms with van der Waals surface area (Å²) in [6.07, 6.45) is 8.76. The molecule has 1 aliphatic carbocycles.